The number of fused-ring (bicyclic) bond motifs is 3. The van der Waals surface area contributed by atoms with Crippen LogP contribution in [0.4, 0.5) is 0 Å². The molecule has 3 heterocycles. The van der Waals surface area contributed by atoms with Crippen molar-refractivity contribution >= 4 is 22.8 Å². The Morgan fingerprint density at radius 1 is 1.23 bits per heavy atom. The summed E-state index contributed by atoms with van der Waals surface area (Å²) in [5.74, 6) is -0.164. The van der Waals surface area contributed by atoms with E-state index in [1.165, 1.54) is 0 Å². The zero-order valence-electron chi connectivity index (χ0n) is 12.5. The summed E-state index contributed by atoms with van der Waals surface area (Å²) in [6.07, 6.45) is 1.40. The van der Waals surface area contributed by atoms with Crippen LogP contribution in [0.2, 0.25) is 0 Å². The smallest absolute Gasteiger partial charge is 0.355 e. The summed E-state index contributed by atoms with van der Waals surface area (Å²) in [6.45, 7) is 3.56. The fourth-order valence-electron chi connectivity index (χ4n) is 3.61. The van der Waals surface area contributed by atoms with E-state index in [-0.39, 0.29) is 11.9 Å². The van der Waals surface area contributed by atoms with E-state index in [4.69, 9.17) is 4.74 Å². The number of piperidine rings is 1. The molecule has 0 bridgehead atoms. The minimum absolute atomic E-state index is 0.0871. The van der Waals surface area contributed by atoms with Crippen LogP contribution in [0.3, 0.4) is 0 Å². The normalized spacial score (nSPS) is 20.0. The fourth-order valence-corrected chi connectivity index (χ4v) is 3.61. The second kappa shape index (κ2) is 4.60. The highest BCUT2D eigenvalue weighted by atomic mass is 16.6. The lowest BCUT2D eigenvalue weighted by atomic mass is 9.89. The number of hydrogen-bond acceptors (Lipinski definition) is 3. The molecule has 1 aromatic heterocycles. The van der Waals surface area contributed by atoms with E-state index in [0.29, 0.717) is 38.2 Å². The van der Waals surface area contributed by atoms with Crippen LogP contribution in [0.5, 0.6) is 0 Å². The first-order valence-corrected chi connectivity index (χ1v) is 7.65. The van der Waals surface area contributed by atoms with Crippen molar-refractivity contribution in [3.05, 3.63) is 36.0 Å². The number of amides is 1. The average molecular weight is 298 g/mol. The maximum atomic E-state index is 12.4. The Bertz CT molecular complexity index is 769. The van der Waals surface area contributed by atoms with Crippen molar-refractivity contribution in [2.45, 2.75) is 31.9 Å². The number of likely N-dealkylation sites (tertiary alicyclic amines) is 1. The Hall–Kier alpha value is -2.30. The van der Waals surface area contributed by atoms with Gasteiger partial charge in [-0.3, -0.25) is 4.79 Å². The first-order chi connectivity index (χ1) is 10.6. The van der Waals surface area contributed by atoms with Crippen LogP contribution in [0.25, 0.3) is 10.9 Å². The van der Waals surface area contributed by atoms with E-state index in [2.05, 4.69) is 4.57 Å². The van der Waals surface area contributed by atoms with Gasteiger partial charge in [0.25, 0.3) is 0 Å². The molecule has 2 aromatic rings. The van der Waals surface area contributed by atoms with Crippen molar-refractivity contribution in [3.63, 3.8) is 0 Å². The van der Waals surface area contributed by atoms with Crippen LogP contribution in [-0.4, -0.2) is 40.0 Å². The van der Waals surface area contributed by atoms with Gasteiger partial charge in [-0.2, -0.15) is 0 Å². The average Bonchev–Trinajstić information content (AvgIpc) is 2.87. The maximum absolute atomic E-state index is 12.4. The Morgan fingerprint density at radius 2 is 1.95 bits per heavy atom. The van der Waals surface area contributed by atoms with Crippen LogP contribution in [0.1, 0.15) is 30.3 Å². The number of esters is 1. The zero-order chi connectivity index (χ0) is 15.3. The van der Waals surface area contributed by atoms with Gasteiger partial charge in [0.15, 0.2) is 0 Å². The first-order valence-electron chi connectivity index (χ1n) is 7.65. The molecule has 22 heavy (non-hydrogen) atoms. The second-order valence-electron chi connectivity index (χ2n) is 6.25. The molecule has 1 saturated heterocycles. The second-order valence-corrected chi connectivity index (χ2v) is 6.25. The van der Waals surface area contributed by atoms with E-state index in [1.807, 2.05) is 35.2 Å². The van der Waals surface area contributed by atoms with Crippen LogP contribution >= 0.6 is 0 Å². The summed E-state index contributed by atoms with van der Waals surface area (Å²) in [5.41, 5.74) is 1.22. The van der Waals surface area contributed by atoms with Gasteiger partial charge in [-0.1, -0.05) is 18.2 Å². The predicted octanol–water partition coefficient (Wildman–Crippen LogP) is 2.19. The highest BCUT2D eigenvalue weighted by molar-refractivity contribution is 5.96. The topological polar surface area (TPSA) is 51.5 Å². The molecule has 2 aliphatic rings. The molecule has 1 aromatic carbocycles. The molecule has 1 spiro atoms. The van der Waals surface area contributed by atoms with Gasteiger partial charge in [-0.25, -0.2) is 4.79 Å². The molecule has 2 aliphatic heterocycles. The Labute approximate surface area is 128 Å². The number of nitrogens with zero attached hydrogens (tertiary/aromatic N) is 2. The van der Waals surface area contributed by atoms with Crippen molar-refractivity contribution < 1.29 is 14.3 Å². The predicted molar refractivity (Wildman–Crippen MR) is 81.6 cm³/mol. The molecular weight excluding hydrogens is 280 g/mol. The number of rotatable bonds is 0. The van der Waals surface area contributed by atoms with Crippen LogP contribution in [0.15, 0.2) is 30.3 Å². The van der Waals surface area contributed by atoms with E-state index in [1.54, 1.807) is 6.92 Å². The SMILES string of the molecule is CC(=O)N1CCC2(CC1)Cn1c(cc3ccccc31)C(=O)O2. The van der Waals surface area contributed by atoms with Crippen LogP contribution < -0.4 is 0 Å². The minimum atomic E-state index is -0.474. The van der Waals surface area contributed by atoms with E-state index in [0.717, 1.165) is 10.9 Å². The monoisotopic (exact) mass is 298 g/mol. The van der Waals surface area contributed by atoms with Gasteiger partial charge in [0, 0.05) is 43.8 Å². The van der Waals surface area contributed by atoms with Gasteiger partial charge < -0.3 is 14.2 Å². The molecule has 4 rings (SSSR count). The lowest BCUT2D eigenvalue weighted by molar-refractivity contribution is -0.134. The van der Waals surface area contributed by atoms with Gasteiger partial charge in [0.2, 0.25) is 5.91 Å². The summed E-state index contributed by atoms with van der Waals surface area (Å²) in [5, 5.41) is 1.06. The molecule has 0 atom stereocenters. The number of aromatic nitrogens is 1. The van der Waals surface area contributed by atoms with Crippen molar-refractivity contribution in [3.8, 4) is 0 Å². The van der Waals surface area contributed by atoms with Crippen molar-refractivity contribution in [1.82, 2.24) is 9.47 Å². The molecule has 0 N–H and O–H groups in total. The van der Waals surface area contributed by atoms with Crippen molar-refractivity contribution in [2.75, 3.05) is 13.1 Å². The van der Waals surface area contributed by atoms with Gasteiger partial charge in [0.05, 0.1) is 6.54 Å². The lowest BCUT2D eigenvalue weighted by Crippen LogP contribution is -2.52. The van der Waals surface area contributed by atoms with E-state index >= 15 is 0 Å². The molecule has 0 aliphatic carbocycles. The van der Waals surface area contributed by atoms with Crippen LogP contribution in [0, 0.1) is 0 Å². The largest absolute Gasteiger partial charge is 0.452 e. The molecule has 1 amide bonds. The van der Waals surface area contributed by atoms with Crippen LogP contribution in [-0.2, 0) is 16.1 Å². The Kier molecular flexibility index (Phi) is 2.79. The number of hydrogen-bond donors (Lipinski definition) is 0. The lowest BCUT2D eigenvalue weighted by Gasteiger charge is -2.43. The molecule has 0 unspecified atom stereocenters. The van der Waals surface area contributed by atoms with E-state index < -0.39 is 5.60 Å². The molecular formula is C17H18N2O3. The van der Waals surface area contributed by atoms with Gasteiger partial charge in [-0.15, -0.1) is 0 Å². The van der Waals surface area contributed by atoms with Crippen molar-refractivity contribution in [1.29, 1.82) is 0 Å². The summed E-state index contributed by atoms with van der Waals surface area (Å²) in [4.78, 5) is 25.7. The highest BCUT2D eigenvalue weighted by Crippen LogP contribution is 2.36. The summed E-state index contributed by atoms with van der Waals surface area (Å²) < 4.78 is 7.88. The van der Waals surface area contributed by atoms with Gasteiger partial charge >= 0.3 is 5.97 Å². The summed E-state index contributed by atoms with van der Waals surface area (Å²) >= 11 is 0. The van der Waals surface area contributed by atoms with Crippen molar-refractivity contribution in [2.24, 2.45) is 0 Å². The standard InChI is InChI=1S/C17H18N2O3/c1-12(20)18-8-6-17(7-9-18)11-19-14-5-3-2-4-13(14)10-15(19)16(21)22-17/h2-5,10H,6-9,11H2,1H3. The number of carbonyl (C=O) groups excluding carboxylic acids is 2. The Morgan fingerprint density at radius 3 is 2.68 bits per heavy atom. The Balaban J connectivity index is 1.70. The third-order valence-electron chi connectivity index (χ3n) is 4.90. The third kappa shape index (κ3) is 1.92. The van der Waals surface area contributed by atoms with E-state index in [9.17, 15) is 9.59 Å². The van der Waals surface area contributed by atoms with Gasteiger partial charge in [0.1, 0.15) is 11.3 Å². The fraction of sp³-hybridized carbons (Fsp3) is 0.412. The molecule has 0 saturated carbocycles. The van der Waals surface area contributed by atoms with Gasteiger partial charge in [-0.05, 0) is 12.1 Å². The number of carbonyl (C=O) groups is 2. The highest BCUT2D eigenvalue weighted by Gasteiger charge is 2.43. The molecule has 114 valence electrons. The molecule has 5 heteroatoms. The molecule has 5 nitrogen and oxygen atoms in total. The third-order valence-corrected chi connectivity index (χ3v) is 4.90. The molecule has 1 fully saturated rings. The summed E-state index contributed by atoms with van der Waals surface area (Å²) in [6, 6.07) is 9.91. The number of para-hydroxylation sites is 1. The minimum Gasteiger partial charge on any atom is -0.452 e. The molecule has 0 radical (unpaired) electrons. The number of ether oxygens (including phenoxy) is 1. The zero-order valence-corrected chi connectivity index (χ0v) is 12.5. The quantitative estimate of drug-likeness (QED) is 0.701. The first kappa shape index (κ1) is 13.4. The number of benzene rings is 1. The maximum Gasteiger partial charge on any atom is 0.355 e. The summed E-state index contributed by atoms with van der Waals surface area (Å²) in [7, 11) is 0.